The normalized spacial score (nSPS) is 17.1. The number of carbonyl (C=O) groups excluding carboxylic acids is 2. The molecule has 0 saturated carbocycles. The van der Waals surface area contributed by atoms with E-state index < -0.39 is 0 Å². The number of halogens is 1. The van der Waals surface area contributed by atoms with Gasteiger partial charge in [0.2, 0.25) is 0 Å². The molecule has 0 radical (unpaired) electrons. The summed E-state index contributed by atoms with van der Waals surface area (Å²) >= 11 is 1.37. The van der Waals surface area contributed by atoms with Crippen LogP contribution in [0.2, 0.25) is 0 Å². The highest BCUT2D eigenvalue weighted by molar-refractivity contribution is 7.11. The number of rotatable bonds is 4. The largest absolute Gasteiger partial charge is 0.335 e. The quantitative estimate of drug-likeness (QED) is 0.440. The van der Waals surface area contributed by atoms with Crippen LogP contribution >= 0.6 is 11.3 Å². The molecule has 6 rings (SSSR count). The Balaban J connectivity index is 1.08. The number of amides is 2. The number of fused-ring (bicyclic) bond motifs is 1. The van der Waals surface area contributed by atoms with Crippen molar-refractivity contribution < 1.29 is 14.0 Å². The zero-order valence-corrected chi connectivity index (χ0v) is 19.7. The maximum atomic E-state index is 13.3. The summed E-state index contributed by atoms with van der Waals surface area (Å²) in [4.78, 5) is 40.3. The van der Waals surface area contributed by atoms with Gasteiger partial charge in [-0.3, -0.25) is 19.5 Å². The van der Waals surface area contributed by atoms with Gasteiger partial charge in [-0.25, -0.2) is 9.37 Å². The highest BCUT2D eigenvalue weighted by Gasteiger charge is 2.37. The molecule has 2 saturated heterocycles. The lowest BCUT2D eigenvalue weighted by Gasteiger charge is -2.48. The third-order valence-corrected chi connectivity index (χ3v) is 7.53. The van der Waals surface area contributed by atoms with Gasteiger partial charge < -0.3 is 14.4 Å². The number of hydrogen-bond donors (Lipinski definition) is 0. The van der Waals surface area contributed by atoms with Crippen LogP contribution in [0.25, 0.3) is 16.7 Å². The van der Waals surface area contributed by atoms with Crippen molar-refractivity contribution in [1.82, 2.24) is 29.2 Å². The zero-order chi connectivity index (χ0) is 23.9. The molecule has 0 atom stereocenters. The molecule has 2 fully saturated rings. The lowest BCUT2D eigenvalue weighted by atomic mass is 10.0. The van der Waals surface area contributed by atoms with Gasteiger partial charge in [0.15, 0.2) is 5.01 Å². The Bertz CT molecular complexity index is 1370. The van der Waals surface area contributed by atoms with Crippen LogP contribution in [0.4, 0.5) is 4.39 Å². The Kier molecular flexibility index (Phi) is 5.54. The van der Waals surface area contributed by atoms with Crippen molar-refractivity contribution in [3.63, 3.8) is 0 Å². The Labute approximate surface area is 205 Å². The molecule has 2 aliphatic rings. The van der Waals surface area contributed by atoms with Gasteiger partial charge in [0, 0.05) is 75.0 Å². The van der Waals surface area contributed by atoms with E-state index in [2.05, 4.69) is 14.9 Å². The SMILES string of the molecule is O=C(c1cnc2ccn(-c3ccc(F)cc3)c2c1)N1CC(N2CCN(C(=O)c3nccs3)CC2)C1. The standard InChI is InChI=1S/C25H23FN6O2S/c26-18-1-3-19(4-2-18)32-7-5-21-22(32)13-17(14-28-21)24(33)31-15-20(16-31)29-8-10-30(11-9-29)25(34)23-27-6-12-35-23/h1-7,12-14,20H,8-11,15-16H2. The number of benzene rings is 1. The van der Waals surface area contributed by atoms with Crippen molar-refractivity contribution in [2.24, 2.45) is 0 Å². The average Bonchev–Trinajstić information content (AvgIpc) is 3.54. The predicted molar refractivity (Wildman–Crippen MR) is 130 cm³/mol. The molecule has 2 aliphatic heterocycles. The molecular weight excluding hydrogens is 467 g/mol. The van der Waals surface area contributed by atoms with Crippen LogP contribution in [0, 0.1) is 5.82 Å². The average molecular weight is 491 g/mol. The van der Waals surface area contributed by atoms with E-state index in [0.717, 1.165) is 29.8 Å². The fourth-order valence-electron chi connectivity index (χ4n) is 4.74. The van der Waals surface area contributed by atoms with Crippen LogP contribution in [0.5, 0.6) is 0 Å². The number of carbonyl (C=O) groups is 2. The van der Waals surface area contributed by atoms with Gasteiger partial charge >= 0.3 is 0 Å². The van der Waals surface area contributed by atoms with Crippen molar-refractivity contribution in [2.75, 3.05) is 39.3 Å². The first-order valence-electron chi connectivity index (χ1n) is 11.5. The van der Waals surface area contributed by atoms with Crippen molar-refractivity contribution >= 4 is 34.2 Å². The Morgan fingerprint density at radius 1 is 0.943 bits per heavy atom. The summed E-state index contributed by atoms with van der Waals surface area (Å²) in [7, 11) is 0. The van der Waals surface area contributed by atoms with Crippen molar-refractivity contribution in [1.29, 1.82) is 0 Å². The predicted octanol–water partition coefficient (Wildman–Crippen LogP) is 2.90. The van der Waals surface area contributed by atoms with Gasteiger partial charge in [0.05, 0.1) is 16.6 Å². The summed E-state index contributed by atoms with van der Waals surface area (Å²) in [5.74, 6) is -0.336. The van der Waals surface area contributed by atoms with E-state index in [0.29, 0.717) is 42.8 Å². The van der Waals surface area contributed by atoms with Crippen molar-refractivity contribution in [2.45, 2.75) is 6.04 Å². The van der Waals surface area contributed by atoms with E-state index in [1.807, 2.05) is 38.1 Å². The Hall–Kier alpha value is -3.63. The van der Waals surface area contributed by atoms with Gasteiger partial charge in [-0.15, -0.1) is 11.3 Å². The molecule has 178 valence electrons. The number of pyridine rings is 1. The van der Waals surface area contributed by atoms with Gasteiger partial charge in [-0.05, 0) is 36.4 Å². The van der Waals surface area contributed by atoms with E-state index in [1.54, 1.807) is 24.5 Å². The molecule has 0 aliphatic carbocycles. The Morgan fingerprint density at radius 2 is 1.71 bits per heavy atom. The summed E-state index contributed by atoms with van der Waals surface area (Å²) in [6, 6.07) is 10.3. The summed E-state index contributed by atoms with van der Waals surface area (Å²) in [5, 5.41) is 2.35. The van der Waals surface area contributed by atoms with Crippen LogP contribution < -0.4 is 0 Å². The number of nitrogens with zero attached hydrogens (tertiary/aromatic N) is 6. The lowest BCUT2D eigenvalue weighted by molar-refractivity contribution is 0.00852. The van der Waals surface area contributed by atoms with Crippen LogP contribution in [-0.4, -0.2) is 86.4 Å². The number of hydrogen-bond acceptors (Lipinski definition) is 6. The summed E-state index contributed by atoms with van der Waals surface area (Å²) in [6.07, 6.45) is 5.15. The first-order chi connectivity index (χ1) is 17.1. The zero-order valence-electron chi connectivity index (χ0n) is 18.9. The molecule has 0 unspecified atom stereocenters. The van der Waals surface area contributed by atoms with E-state index in [-0.39, 0.29) is 17.6 Å². The van der Waals surface area contributed by atoms with Crippen molar-refractivity contribution in [3.05, 3.63) is 76.8 Å². The van der Waals surface area contributed by atoms with E-state index in [9.17, 15) is 14.0 Å². The van der Waals surface area contributed by atoms with Crippen molar-refractivity contribution in [3.8, 4) is 5.69 Å². The summed E-state index contributed by atoms with van der Waals surface area (Å²) in [5.41, 5.74) is 2.93. The van der Waals surface area contributed by atoms with Crippen LogP contribution in [0.3, 0.4) is 0 Å². The first kappa shape index (κ1) is 21.9. The molecule has 35 heavy (non-hydrogen) atoms. The molecule has 3 aromatic heterocycles. The maximum Gasteiger partial charge on any atom is 0.282 e. The molecule has 8 nitrogen and oxygen atoms in total. The molecule has 5 heterocycles. The Morgan fingerprint density at radius 3 is 2.43 bits per heavy atom. The minimum absolute atomic E-state index is 0.00153. The second-order valence-corrected chi connectivity index (χ2v) is 9.71. The van der Waals surface area contributed by atoms with E-state index >= 15 is 0 Å². The smallest absolute Gasteiger partial charge is 0.282 e. The topological polar surface area (TPSA) is 74.6 Å². The van der Waals surface area contributed by atoms with E-state index in [1.165, 1.54) is 23.5 Å². The molecule has 0 bridgehead atoms. The van der Waals surface area contributed by atoms with Crippen LogP contribution in [0.15, 0.2) is 60.4 Å². The molecule has 0 spiro atoms. The molecular formula is C25H23FN6O2S. The minimum atomic E-state index is -0.293. The second kappa shape index (κ2) is 8.86. The summed E-state index contributed by atoms with van der Waals surface area (Å²) in [6.45, 7) is 4.26. The summed E-state index contributed by atoms with van der Waals surface area (Å²) < 4.78 is 15.2. The lowest BCUT2D eigenvalue weighted by Crippen LogP contribution is -2.64. The van der Waals surface area contributed by atoms with Gasteiger partial charge in [0.1, 0.15) is 5.82 Å². The maximum absolute atomic E-state index is 13.3. The monoisotopic (exact) mass is 490 g/mol. The highest BCUT2D eigenvalue weighted by atomic mass is 32.1. The molecule has 0 N–H and O–H groups in total. The molecule has 2 amide bonds. The fraction of sp³-hybridized carbons (Fsp3) is 0.280. The number of thiazole rings is 1. The number of likely N-dealkylation sites (tertiary alicyclic amines) is 1. The third-order valence-electron chi connectivity index (χ3n) is 6.77. The molecule has 1 aromatic carbocycles. The minimum Gasteiger partial charge on any atom is -0.335 e. The number of aromatic nitrogens is 3. The second-order valence-electron chi connectivity index (χ2n) is 8.82. The van der Waals surface area contributed by atoms with Gasteiger partial charge in [-0.2, -0.15) is 0 Å². The first-order valence-corrected chi connectivity index (χ1v) is 12.4. The highest BCUT2D eigenvalue weighted by Crippen LogP contribution is 2.24. The van der Waals surface area contributed by atoms with E-state index in [4.69, 9.17) is 0 Å². The van der Waals surface area contributed by atoms with Crippen LogP contribution in [0.1, 0.15) is 20.2 Å². The van der Waals surface area contributed by atoms with Crippen LogP contribution in [-0.2, 0) is 0 Å². The molecule has 4 aromatic rings. The fourth-order valence-corrected chi connectivity index (χ4v) is 5.35. The number of piperazine rings is 1. The van der Waals surface area contributed by atoms with Gasteiger partial charge in [-0.1, -0.05) is 0 Å². The van der Waals surface area contributed by atoms with Gasteiger partial charge in [0.25, 0.3) is 11.8 Å². The molecule has 10 heteroatoms. The third kappa shape index (κ3) is 4.08.